The van der Waals surface area contributed by atoms with Gasteiger partial charge in [-0.3, -0.25) is 0 Å². The molecule has 16 heavy (non-hydrogen) atoms. The fourth-order valence-corrected chi connectivity index (χ4v) is 3.54. The van der Waals surface area contributed by atoms with E-state index in [2.05, 4.69) is 16.5 Å². The molecule has 94 valence electrons. The third-order valence-corrected chi connectivity index (χ3v) is 4.82. The fourth-order valence-electron chi connectivity index (χ4n) is 3.13. The normalized spacial score (nSPS) is 28.7. The third kappa shape index (κ3) is 3.64. The number of hydrogen-bond donors (Lipinski definition) is 1. The zero-order valence-corrected chi connectivity index (χ0v) is 11.4. The second-order valence-corrected chi connectivity index (χ2v) is 6.21. The molecule has 1 N–H and O–H groups in total. The molecule has 1 atom stereocenters. The number of nitrogens with one attached hydrogen (secondary N) is 1. The number of piperidine rings is 1. The van der Waals surface area contributed by atoms with Gasteiger partial charge in [0.15, 0.2) is 0 Å². The van der Waals surface area contributed by atoms with Crippen molar-refractivity contribution in [3.8, 4) is 0 Å². The molecule has 2 aliphatic rings. The van der Waals surface area contributed by atoms with E-state index >= 15 is 0 Å². The molecule has 0 aliphatic carbocycles. The molecule has 2 heterocycles. The molecule has 0 radical (unpaired) electrons. The van der Waals surface area contributed by atoms with E-state index in [1.165, 1.54) is 64.0 Å². The summed E-state index contributed by atoms with van der Waals surface area (Å²) in [6.07, 6.45) is 9.26. The summed E-state index contributed by atoms with van der Waals surface area (Å²) in [6.45, 7) is 5.28. The van der Waals surface area contributed by atoms with E-state index in [1.807, 2.05) is 11.8 Å². The van der Waals surface area contributed by atoms with Crippen LogP contribution in [-0.4, -0.2) is 49.1 Å². The highest BCUT2D eigenvalue weighted by atomic mass is 32.2. The Kier molecular flexibility index (Phi) is 5.46. The number of thioether (sulfide) groups is 1. The third-order valence-electron chi connectivity index (χ3n) is 4.12. The van der Waals surface area contributed by atoms with Gasteiger partial charge in [0.25, 0.3) is 0 Å². The summed E-state index contributed by atoms with van der Waals surface area (Å²) in [4.78, 5) is 2.67. The van der Waals surface area contributed by atoms with Gasteiger partial charge in [-0.25, -0.2) is 0 Å². The standard InChI is InChI=1S/C13H26N2S/c1-16-11-3-8-15-9-5-12(6-10-15)13-4-2-7-14-13/h12-14H,2-11H2,1H3. The van der Waals surface area contributed by atoms with Gasteiger partial charge in [0.05, 0.1) is 0 Å². The smallest absolute Gasteiger partial charge is 0.00967 e. The molecule has 0 bridgehead atoms. The van der Waals surface area contributed by atoms with E-state index in [4.69, 9.17) is 0 Å². The minimum Gasteiger partial charge on any atom is -0.314 e. The van der Waals surface area contributed by atoms with Crippen LogP contribution in [0.2, 0.25) is 0 Å². The molecule has 2 fully saturated rings. The first-order valence-electron chi connectivity index (χ1n) is 6.85. The van der Waals surface area contributed by atoms with Crippen molar-refractivity contribution in [3.63, 3.8) is 0 Å². The minimum atomic E-state index is 0.855. The first-order chi connectivity index (χ1) is 7.90. The Hall–Kier alpha value is 0.270. The van der Waals surface area contributed by atoms with Gasteiger partial charge in [-0.1, -0.05) is 0 Å². The van der Waals surface area contributed by atoms with Gasteiger partial charge in [-0.2, -0.15) is 11.8 Å². The molecule has 2 aliphatic heterocycles. The summed E-state index contributed by atoms with van der Waals surface area (Å²) in [5.74, 6) is 2.30. The second kappa shape index (κ2) is 6.87. The lowest BCUT2D eigenvalue weighted by atomic mass is 9.88. The lowest BCUT2D eigenvalue weighted by molar-refractivity contribution is 0.164. The predicted molar refractivity (Wildman–Crippen MR) is 73.2 cm³/mol. The molecule has 0 aromatic heterocycles. The molecular formula is C13H26N2S. The number of rotatable bonds is 5. The summed E-state index contributed by atoms with van der Waals surface area (Å²) >= 11 is 1.97. The highest BCUT2D eigenvalue weighted by Crippen LogP contribution is 2.25. The van der Waals surface area contributed by atoms with Gasteiger partial charge in [0.1, 0.15) is 0 Å². The van der Waals surface area contributed by atoms with Crippen LogP contribution in [0.3, 0.4) is 0 Å². The van der Waals surface area contributed by atoms with Crippen molar-refractivity contribution in [3.05, 3.63) is 0 Å². The summed E-state index contributed by atoms with van der Waals surface area (Å²) < 4.78 is 0. The van der Waals surface area contributed by atoms with Gasteiger partial charge in [-0.05, 0) is 76.2 Å². The lowest BCUT2D eigenvalue weighted by Gasteiger charge is -2.34. The van der Waals surface area contributed by atoms with Crippen molar-refractivity contribution >= 4 is 11.8 Å². The zero-order chi connectivity index (χ0) is 11.2. The monoisotopic (exact) mass is 242 g/mol. The summed E-state index contributed by atoms with van der Waals surface area (Å²) in [5.41, 5.74) is 0. The van der Waals surface area contributed by atoms with Crippen molar-refractivity contribution in [2.45, 2.75) is 38.1 Å². The summed E-state index contributed by atoms with van der Waals surface area (Å²) in [7, 11) is 0. The molecule has 0 aromatic carbocycles. The Balaban J connectivity index is 1.62. The molecule has 0 saturated carbocycles. The molecule has 1 unspecified atom stereocenters. The number of hydrogen-bond acceptors (Lipinski definition) is 3. The molecule has 3 heteroatoms. The summed E-state index contributed by atoms with van der Waals surface area (Å²) in [5, 5.41) is 3.67. The molecular weight excluding hydrogens is 216 g/mol. The van der Waals surface area contributed by atoms with Crippen LogP contribution in [0.15, 0.2) is 0 Å². The molecule has 0 aromatic rings. The maximum absolute atomic E-state index is 3.67. The van der Waals surface area contributed by atoms with Crippen LogP contribution in [0.4, 0.5) is 0 Å². The van der Waals surface area contributed by atoms with Gasteiger partial charge >= 0.3 is 0 Å². The maximum atomic E-state index is 3.67. The first-order valence-corrected chi connectivity index (χ1v) is 8.24. The van der Waals surface area contributed by atoms with Crippen LogP contribution in [-0.2, 0) is 0 Å². The number of likely N-dealkylation sites (tertiary alicyclic amines) is 1. The van der Waals surface area contributed by atoms with Crippen LogP contribution in [0.25, 0.3) is 0 Å². The Morgan fingerprint density at radius 2 is 2.06 bits per heavy atom. The van der Waals surface area contributed by atoms with Crippen LogP contribution < -0.4 is 5.32 Å². The van der Waals surface area contributed by atoms with E-state index in [0.29, 0.717) is 0 Å². The molecule has 2 rings (SSSR count). The van der Waals surface area contributed by atoms with Crippen molar-refractivity contribution in [1.82, 2.24) is 10.2 Å². The van der Waals surface area contributed by atoms with E-state index < -0.39 is 0 Å². The highest BCUT2D eigenvalue weighted by Gasteiger charge is 2.27. The molecule has 0 amide bonds. The van der Waals surface area contributed by atoms with Gasteiger partial charge in [0, 0.05) is 6.04 Å². The topological polar surface area (TPSA) is 15.3 Å². The average Bonchev–Trinajstić information content (AvgIpc) is 2.84. The Labute approximate surface area is 105 Å². The minimum absolute atomic E-state index is 0.855. The second-order valence-electron chi connectivity index (χ2n) is 5.23. The van der Waals surface area contributed by atoms with Crippen molar-refractivity contribution in [2.75, 3.05) is 38.2 Å². The largest absolute Gasteiger partial charge is 0.314 e. The zero-order valence-electron chi connectivity index (χ0n) is 10.6. The van der Waals surface area contributed by atoms with Crippen LogP contribution in [0, 0.1) is 5.92 Å². The van der Waals surface area contributed by atoms with Gasteiger partial charge < -0.3 is 10.2 Å². The van der Waals surface area contributed by atoms with Crippen LogP contribution in [0.5, 0.6) is 0 Å². The predicted octanol–water partition coefficient (Wildman–Crippen LogP) is 2.20. The van der Waals surface area contributed by atoms with Crippen molar-refractivity contribution in [1.29, 1.82) is 0 Å². The van der Waals surface area contributed by atoms with Crippen LogP contribution in [0.1, 0.15) is 32.1 Å². The molecule has 2 saturated heterocycles. The van der Waals surface area contributed by atoms with E-state index in [1.54, 1.807) is 0 Å². The van der Waals surface area contributed by atoms with Gasteiger partial charge in [-0.15, -0.1) is 0 Å². The fraction of sp³-hybridized carbons (Fsp3) is 1.00. The average molecular weight is 242 g/mol. The Morgan fingerprint density at radius 3 is 2.69 bits per heavy atom. The quantitative estimate of drug-likeness (QED) is 0.744. The molecule has 2 nitrogen and oxygen atoms in total. The first kappa shape index (κ1) is 12.7. The maximum Gasteiger partial charge on any atom is 0.00967 e. The highest BCUT2D eigenvalue weighted by molar-refractivity contribution is 7.98. The van der Waals surface area contributed by atoms with E-state index in [-0.39, 0.29) is 0 Å². The Bertz CT molecular complexity index is 184. The SMILES string of the molecule is CSCCCN1CCC(C2CCCN2)CC1. The van der Waals surface area contributed by atoms with Crippen molar-refractivity contribution < 1.29 is 0 Å². The van der Waals surface area contributed by atoms with Gasteiger partial charge in [0.2, 0.25) is 0 Å². The summed E-state index contributed by atoms with van der Waals surface area (Å²) in [6, 6.07) is 0.855. The molecule has 0 spiro atoms. The van der Waals surface area contributed by atoms with E-state index in [9.17, 15) is 0 Å². The van der Waals surface area contributed by atoms with Crippen LogP contribution >= 0.6 is 11.8 Å². The van der Waals surface area contributed by atoms with Crippen molar-refractivity contribution in [2.24, 2.45) is 5.92 Å². The van der Waals surface area contributed by atoms with E-state index in [0.717, 1.165) is 12.0 Å². The Morgan fingerprint density at radius 1 is 1.25 bits per heavy atom. The number of nitrogens with zero attached hydrogens (tertiary/aromatic N) is 1. The lowest BCUT2D eigenvalue weighted by Crippen LogP contribution is -2.41.